The fourth-order valence-corrected chi connectivity index (χ4v) is 5.02. The number of carbonyl (C=O) groups is 3. The summed E-state index contributed by atoms with van der Waals surface area (Å²) in [6.45, 7) is 1.73. The second kappa shape index (κ2) is 7.50. The number of amides is 3. The topological polar surface area (TPSA) is 89.9 Å². The highest BCUT2D eigenvalue weighted by Gasteiger charge is 2.51. The molecule has 1 saturated heterocycles. The molecule has 2 aromatic rings. The van der Waals surface area contributed by atoms with Gasteiger partial charge in [-0.05, 0) is 55.0 Å². The Morgan fingerprint density at radius 2 is 1.71 bits per heavy atom. The average Bonchev–Trinajstić information content (AvgIpc) is 3.64. The van der Waals surface area contributed by atoms with E-state index in [9.17, 15) is 14.4 Å². The molecule has 1 spiro atoms. The Morgan fingerprint density at radius 3 is 2.35 bits per heavy atom. The molecule has 2 heterocycles. The van der Waals surface area contributed by atoms with Gasteiger partial charge in [-0.15, -0.1) is 0 Å². The number of carbonyl (C=O) groups excluding carboxylic acids is 3. The van der Waals surface area contributed by atoms with Crippen molar-refractivity contribution in [3.8, 4) is 0 Å². The molecule has 5 rings (SSSR count). The number of hydrogen-bond donors (Lipinski definition) is 2. The maximum Gasteiger partial charge on any atom is 0.274 e. The number of piperidine rings is 1. The normalized spacial score (nSPS) is 19.5. The number of fused-ring (bicyclic) bond motifs is 2. The van der Waals surface area contributed by atoms with Gasteiger partial charge in [-0.2, -0.15) is 0 Å². The van der Waals surface area contributed by atoms with Gasteiger partial charge in [0.15, 0.2) is 0 Å². The van der Waals surface area contributed by atoms with Crippen LogP contribution in [-0.4, -0.2) is 45.8 Å². The quantitative estimate of drug-likeness (QED) is 0.589. The second-order valence-electron chi connectivity index (χ2n) is 8.71. The van der Waals surface area contributed by atoms with Crippen LogP contribution in [0.4, 0.5) is 0 Å². The largest absolute Gasteiger partial charge is 0.342 e. The molecule has 1 aliphatic carbocycles. The van der Waals surface area contributed by atoms with Crippen molar-refractivity contribution in [2.75, 3.05) is 13.1 Å². The number of rotatable bonds is 4. The van der Waals surface area contributed by atoms with E-state index in [1.165, 1.54) is 0 Å². The Morgan fingerprint density at radius 1 is 1.03 bits per heavy atom. The number of benzene rings is 2. The van der Waals surface area contributed by atoms with Crippen molar-refractivity contribution in [2.45, 2.75) is 37.8 Å². The molecule has 2 aliphatic heterocycles. The first kappa shape index (κ1) is 19.8. The Labute approximate surface area is 180 Å². The summed E-state index contributed by atoms with van der Waals surface area (Å²) in [5, 5.41) is 8.81. The van der Waals surface area contributed by atoms with Crippen molar-refractivity contribution < 1.29 is 19.6 Å². The van der Waals surface area contributed by atoms with Crippen molar-refractivity contribution >= 4 is 17.7 Å². The molecule has 2 fully saturated rings. The lowest BCUT2D eigenvalue weighted by molar-refractivity contribution is -0.135. The lowest BCUT2D eigenvalue weighted by Crippen LogP contribution is -2.52. The van der Waals surface area contributed by atoms with E-state index in [0.29, 0.717) is 25.2 Å². The molecule has 160 valence electrons. The maximum absolute atomic E-state index is 13.4. The summed E-state index contributed by atoms with van der Waals surface area (Å²) in [5.41, 5.74) is 4.25. The molecule has 0 unspecified atom stereocenters. The molecule has 0 radical (unpaired) electrons. The van der Waals surface area contributed by atoms with E-state index >= 15 is 0 Å². The summed E-state index contributed by atoms with van der Waals surface area (Å²) in [6, 6.07) is 14.7. The third-order valence-corrected chi connectivity index (χ3v) is 6.91. The highest BCUT2D eigenvalue weighted by atomic mass is 16.5. The first-order chi connectivity index (χ1) is 15.0. The van der Waals surface area contributed by atoms with Gasteiger partial charge in [0.1, 0.15) is 0 Å². The SMILES string of the molecule is O=C(NO)c1ccc(CN2C(=O)c3ccccc3C23CCN(C(=O)C2CC2)CC3)cc1. The number of nitrogens with one attached hydrogen (secondary N) is 1. The van der Waals surface area contributed by atoms with Gasteiger partial charge in [-0.25, -0.2) is 5.48 Å². The molecule has 3 aliphatic rings. The van der Waals surface area contributed by atoms with E-state index in [2.05, 4.69) is 0 Å². The average molecular weight is 419 g/mol. The van der Waals surface area contributed by atoms with Crippen molar-refractivity contribution in [3.63, 3.8) is 0 Å². The molecule has 31 heavy (non-hydrogen) atoms. The van der Waals surface area contributed by atoms with Crippen LogP contribution in [-0.2, 0) is 16.9 Å². The smallest absolute Gasteiger partial charge is 0.274 e. The van der Waals surface area contributed by atoms with Crippen LogP contribution in [0.1, 0.15) is 57.5 Å². The molecule has 0 aromatic heterocycles. The van der Waals surface area contributed by atoms with Crippen LogP contribution in [0.25, 0.3) is 0 Å². The van der Waals surface area contributed by atoms with Gasteiger partial charge in [-0.1, -0.05) is 30.3 Å². The minimum absolute atomic E-state index is 0.00903. The van der Waals surface area contributed by atoms with Crippen molar-refractivity contribution in [1.29, 1.82) is 0 Å². The molecule has 3 amide bonds. The third kappa shape index (κ3) is 3.29. The van der Waals surface area contributed by atoms with Gasteiger partial charge in [0.05, 0.1) is 5.54 Å². The zero-order valence-electron chi connectivity index (χ0n) is 17.2. The van der Waals surface area contributed by atoms with Crippen LogP contribution in [0, 0.1) is 5.92 Å². The molecule has 2 aromatic carbocycles. The lowest BCUT2D eigenvalue weighted by atomic mass is 9.80. The monoisotopic (exact) mass is 419 g/mol. The minimum Gasteiger partial charge on any atom is -0.342 e. The summed E-state index contributed by atoms with van der Waals surface area (Å²) < 4.78 is 0. The molecule has 7 heteroatoms. The van der Waals surface area contributed by atoms with E-state index in [1.807, 2.05) is 34.1 Å². The van der Waals surface area contributed by atoms with E-state index in [4.69, 9.17) is 5.21 Å². The zero-order valence-corrected chi connectivity index (χ0v) is 17.2. The molecule has 0 atom stereocenters. The molecule has 0 bridgehead atoms. The standard InChI is InChI=1S/C24H25N3O4/c28-21(25-31)17-7-5-16(6-8-17)15-27-23(30)19-3-1-2-4-20(19)24(27)11-13-26(14-12-24)22(29)18-9-10-18/h1-8,18,31H,9-15H2,(H,25,28). The van der Waals surface area contributed by atoms with Gasteiger partial charge in [0, 0.05) is 36.7 Å². The van der Waals surface area contributed by atoms with Crippen molar-refractivity contribution in [1.82, 2.24) is 15.3 Å². The van der Waals surface area contributed by atoms with Gasteiger partial charge < -0.3 is 9.80 Å². The molecular formula is C24H25N3O4. The maximum atomic E-state index is 13.4. The Hall–Kier alpha value is -3.19. The number of hydrogen-bond acceptors (Lipinski definition) is 4. The first-order valence-corrected chi connectivity index (χ1v) is 10.8. The van der Waals surface area contributed by atoms with E-state index < -0.39 is 11.4 Å². The van der Waals surface area contributed by atoms with Crippen LogP contribution < -0.4 is 5.48 Å². The summed E-state index contributed by atoms with van der Waals surface area (Å²) in [5.74, 6) is -0.0934. The van der Waals surface area contributed by atoms with Crippen LogP contribution in [0.15, 0.2) is 48.5 Å². The summed E-state index contributed by atoms with van der Waals surface area (Å²) >= 11 is 0. The molecule has 7 nitrogen and oxygen atoms in total. The van der Waals surface area contributed by atoms with Crippen LogP contribution >= 0.6 is 0 Å². The Balaban J connectivity index is 1.42. The third-order valence-electron chi connectivity index (χ3n) is 6.91. The number of nitrogens with zero attached hydrogens (tertiary/aromatic N) is 2. The van der Waals surface area contributed by atoms with Crippen molar-refractivity contribution in [3.05, 3.63) is 70.8 Å². The van der Waals surface area contributed by atoms with Gasteiger partial charge in [0.2, 0.25) is 5.91 Å². The predicted octanol–water partition coefficient (Wildman–Crippen LogP) is 2.69. The number of likely N-dealkylation sites (tertiary alicyclic amines) is 1. The van der Waals surface area contributed by atoms with E-state index in [0.717, 1.165) is 42.4 Å². The van der Waals surface area contributed by atoms with E-state index in [1.54, 1.807) is 29.7 Å². The highest BCUT2D eigenvalue weighted by molar-refractivity contribution is 6.00. The van der Waals surface area contributed by atoms with Gasteiger partial charge >= 0.3 is 0 Å². The van der Waals surface area contributed by atoms with Gasteiger partial charge in [-0.3, -0.25) is 19.6 Å². The molecule has 1 saturated carbocycles. The Kier molecular flexibility index (Phi) is 4.78. The summed E-state index contributed by atoms with van der Waals surface area (Å²) in [7, 11) is 0. The Bertz CT molecular complexity index is 1040. The second-order valence-corrected chi connectivity index (χ2v) is 8.71. The summed E-state index contributed by atoms with van der Waals surface area (Å²) in [4.78, 5) is 41.4. The minimum atomic E-state index is -0.569. The number of hydroxylamine groups is 1. The van der Waals surface area contributed by atoms with Crippen LogP contribution in [0.5, 0.6) is 0 Å². The fraction of sp³-hybridized carbons (Fsp3) is 0.375. The van der Waals surface area contributed by atoms with Crippen LogP contribution in [0.3, 0.4) is 0 Å². The van der Waals surface area contributed by atoms with Crippen LogP contribution in [0.2, 0.25) is 0 Å². The first-order valence-electron chi connectivity index (χ1n) is 10.8. The molecular weight excluding hydrogens is 394 g/mol. The van der Waals surface area contributed by atoms with E-state index in [-0.39, 0.29) is 17.7 Å². The predicted molar refractivity (Wildman–Crippen MR) is 112 cm³/mol. The lowest BCUT2D eigenvalue weighted by Gasteiger charge is -2.45. The zero-order chi connectivity index (χ0) is 21.6. The van der Waals surface area contributed by atoms with Gasteiger partial charge in [0.25, 0.3) is 11.8 Å². The molecule has 2 N–H and O–H groups in total. The summed E-state index contributed by atoms with van der Waals surface area (Å²) in [6.07, 6.45) is 3.44. The highest BCUT2D eigenvalue weighted by Crippen LogP contribution is 2.47. The van der Waals surface area contributed by atoms with Crippen molar-refractivity contribution in [2.24, 2.45) is 5.92 Å². The fourth-order valence-electron chi connectivity index (χ4n) is 5.02.